The molecule has 1 fully saturated rings. The van der Waals surface area contributed by atoms with Crippen molar-refractivity contribution in [2.45, 2.75) is 26.3 Å². The third kappa shape index (κ3) is 2.00. The van der Waals surface area contributed by atoms with Gasteiger partial charge in [-0.2, -0.15) is 0 Å². The highest BCUT2D eigenvalue weighted by molar-refractivity contribution is 6.18. The summed E-state index contributed by atoms with van der Waals surface area (Å²) in [5, 5.41) is 2.62. The van der Waals surface area contributed by atoms with Crippen LogP contribution in [0.1, 0.15) is 20.8 Å². The quantitative estimate of drug-likeness (QED) is 0.572. The number of carbonyl (C=O) groups is 2. The average Bonchev–Trinajstić information content (AvgIpc) is 2.28. The van der Waals surface area contributed by atoms with E-state index in [2.05, 4.69) is 5.32 Å². The van der Waals surface area contributed by atoms with Crippen LogP contribution in [0.15, 0.2) is 0 Å². The number of nitrogens with one attached hydrogen (secondary N) is 1. The fourth-order valence-electron chi connectivity index (χ4n) is 1.34. The van der Waals surface area contributed by atoms with Gasteiger partial charge in [-0.05, 0) is 19.8 Å². The Hall–Kier alpha value is -0.770. The van der Waals surface area contributed by atoms with Crippen molar-refractivity contribution in [1.82, 2.24) is 10.2 Å². The zero-order valence-corrected chi connectivity index (χ0v) is 9.39. The molecule has 0 spiro atoms. The lowest BCUT2D eigenvalue weighted by Crippen LogP contribution is -2.41. The first-order valence-corrected chi connectivity index (χ1v) is 5.12. The van der Waals surface area contributed by atoms with Crippen molar-refractivity contribution in [3.63, 3.8) is 0 Å². The number of urea groups is 1. The van der Waals surface area contributed by atoms with Crippen LogP contribution in [-0.2, 0) is 4.79 Å². The number of carbonyl (C=O) groups excluding carboxylic acids is 2. The fraction of sp³-hybridized carbons (Fsp3) is 0.778. The van der Waals surface area contributed by atoms with E-state index < -0.39 is 5.54 Å². The van der Waals surface area contributed by atoms with Crippen LogP contribution in [-0.4, -0.2) is 34.8 Å². The van der Waals surface area contributed by atoms with E-state index in [1.807, 2.05) is 6.92 Å². The van der Waals surface area contributed by atoms with Crippen molar-refractivity contribution in [3.05, 3.63) is 0 Å². The topological polar surface area (TPSA) is 49.4 Å². The van der Waals surface area contributed by atoms with Gasteiger partial charge < -0.3 is 5.32 Å². The maximum Gasteiger partial charge on any atom is 0.325 e. The van der Waals surface area contributed by atoms with E-state index in [1.54, 1.807) is 13.8 Å². The van der Waals surface area contributed by atoms with Crippen LogP contribution in [0.25, 0.3) is 0 Å². The van der Waals surface area contributed by atoms with Crippen molar-refractivity contribution in [3.8, 4) is 0 Å². The van der Waals surface area contributed by atoms with Gasteiger partial charge in [0.15, 0.2) is 0 Å². The number of nitrogens with zero attached hydrogens (tertiary/aromatic N) is 1. The summed E-state index contributed by atoms with van der Waals surface area (Å²) in [5.74, 6) is 0.386. The molecule has 4 nitrogen and oxygen atoms in total. The minimum atomic E-state index is -0.775. The van der Waals surface area contributed by atoms with Crippen LogP contribution in [0.3, 0.4) is 0 Å². The summed E-state index contributed by atoms with van der Waals surface area (Å²) in [6.07, 6.45) is 0. The van der Waals surface area contributed by atoms with E-state index in [9.17, 15) is 9.59 Å². The van der Waals surface area contributed by atoms with E-state index in [4.69, 9.17) is 11.6 Å². The Morgan fingerprint density at radius 1 is 1.50 bits per heavy atom. The molecule has 0 aromatic carbocycles. The molecule has 3 amide bonds. The van der Waals surface area contributed by atoms with Crippen molar-refractivity contribution >= 4 is 23.5 Å². The molecular formula is C9H15ClN2O2. The molecule has 1 N–H and O–H groups in total. The Balaban J connectivity index is 2.71. The van der Waals surface area contributed by atoms with Gasteiger partial charge in [-0.25, -0.2) is 4.79 Å². The second-order valence-corrected chi connectivity index (χ2v) is 4.54. The van der Waals surface area contributed by atoms with Gasteiger partial charge in [0.2, 0.25) is 0 Å². The standard InChI is InChI=1S/C9H15ClN2O2/c1-6(4-10)5-12-7(13)9(2,3)11-8(12)14/h6H,4-5H2,1-3H3,(H,11,14). The van der Waals surface area contributed by atoms with Gasteiger partial charge in [-0.15, -0.1) is 11.6 Å². The van der Waals surface area contributed by atoms with Crippen molar-refractivity contribution in [2.75, 3.05) is 12.4 Å². The smallest absolute Gasteiger partial charge is 0.324 e. The van der Waals surface area contributed by atoms with E-state index in [0.717, 1.165) is 0 Å². The highest BCUT2D eigenvalue weighted by Gasteiger charge is 2.44. The van der Waals surface area contributed by atoms with E-state index >= 15 is 0 Å². The second kappa shape index (κ2) is 3.77. The molecule has 0 radical (unpaired) electrons. The second-order valence-electron chi connectivity index (χ2n) is 4.23. The molecule has 1 unspecified atom stereocenters. The molecule has 0 saturated carbocycles. The first kappa shape index (κ1) is 11.3. The molecule has 0 aromatic rings. The summed E-state index contributed by atoms with van der Waals surface area (Å²) in [4.78, 5) is 24.3. The summed E-state index contributed by atoms with van der Waals surface area (Å²) < 4.78 is 0. The normalized spacial score (nSPS) is 22.4. The number of halogens is 1. The summed E-state index contributed by atoms with van der Waals surface area (Å²) in [6, 6.07) is -0.322. The molecule has 1 saturated heterocycles. The lowest BCUT2D eigenvalue weighted by atomic mass is 10.1. The molecular weight excluding hydrogens is 204 g/mol. The molecule has 1 aliphatic heterocycles. The highest BCUT2D eigenvalue weighted by Crippen LogP contribution is 2.18. The molecule has 14 heavy (non-hydrogen) atoms. The number of imide groups is 1. The van der Waals surface area contributed by atoms with E-state index in [1.165, 1.54) is 4.90 Å². The molecule has 0 aromatic heterocycles. The molecule has 1 aliphatic rings. The average molecular weight is 219 g/mol. The van der Waals surface area contributed by atoms with Crippen LogP contribution in [0.4, 0.5) is 4.79 Å². The summed E-state index contributed by atoms with van der Waals surface area (Å²) >= 11 is 5.63. The van der Waals surface area contributed by atoms with Gasteiger partial charge in [0.05, 0.1) is 0 Å². The van der Waals surface area contributed by atoms with Gasteiger partial charge >= 0.3 is 6.03 Å². The SMILES string of the molecule is CC(CCl)CN1C(=O)NC(C)(C)C1=O. The first-order valence-electron chi connectivity index (χ1n) is 4.58. The predicted molar refractivity (Wildman–Crippen MR) is 54.2 cm³/mol. The zero-order valence-electron chi connectivity index (χ0n) is 8.63. The highest BCUT2D eigenvalue weighted by atomic mass is 35.5. The minimum absolute atomic E-state index is 0.125. The maximum absolute atomic E-state index is 11.7. The zero-order chi connectivity index (χ0) is 10.9. The molecule has 1 atom stereocenters. The molecule has 1 heterocycles. The number of rotatable bonds is 3. The Morgan fingerprint density at radius 2 is 2.07 bits per heavy atom. The third-order valence-electron chi connectivity index (χ3n) is 2.20. The van der Waals surface area contributed by atoms with Gasteiger partial charge in [0.25, 0.3) is 5.91 Å². The number of alkyl halides is 1. The Kier molecular flexibility index (Phi) is 3.04. The molecule has 1 rings (SSSR count). The maximum atomic E-state index is 11.7. The van der Waals surface area contributed by atoms with Crippen molar-refractivity contribution in [2.24, 2.45) is 5.92 Å². The minimum Gasteiger partial charge on any atom is -0.324 e. The van der Waals surface area contributed by atoms with Crippen molar-refractivity contribution in [1.29, 1.82) is 0 Å². The molecule has 5 heteroatoms. The molecule has 80 valence electrons. The number of hydrogen-bond donors (Lipinski definition) is 1. The van der Waals surface area contributed by atoms with Gasteiger partial charge in [0, 0.05) is 12.4 Å². The number of amides is 3. The van der Waals surface area contributed by atoms with Gasteiger partial charge in [0.1, 0.15) is 5.54 Å². The van der Waals surface area contributed by atoms with Crippen LogP contribution in [0, 0.1) is 5.92 Å². The number of hydrogen-bond acceptors (Lipinski definition) is 2. The molecule has 0 bridgehead atoms. The Labute approximate surface area is 88.6 Å². The Morgan fingerprint density at radius 3 is 2.43 bits per heavy atom. The lowest BCUT2D eigenvalue weighted by molar-refractivity contribution is -0.130. The lowest BCUT2D eigenvalue weighted by Gasteiger charge is -2.18. The van der Waals surface area contributed by atoms with Crippen LogP contribution >= 0.6 is 11.6 Å². The fourth-order valence-corrected chi connectivity index (χ4v) is 1.44. The van der Waals surface area contributed by atoms with Gasteiger partial charge in [-0.3, -0.25) is 9.69 Å². The van der Waals surface area contributed by atoms with Crippen LogP contribution in [0.5, 0.6) is 0 Å². The van der Waals surface area contributed by atoms with Crippen LogP contribution < -0.4 is 5.32 Å². The van der Waals surface area contributed by atoms with Crippen molar-refractivity contribution < 1.29 is 9.59 Å². The Bertz CT molecular complexity index is 266. The van der Waals surface area contributed by atoms with Crippen LogP contribution in [0.2, 0.25) is 0 Å². The monoisotopic (exact) mass is 218 g/mol. The summed E-state index contributed by atoms with van der Waals surface area (Å²) in [5.41, 5.74) is -0.775. The largest absolute Gasteiger partial charge is 0.325 e. The van der Waals surface area contributed by atoms with E-state index in [-0.39, 0.29) is 17.9 Å². The summed E-state index contributed by atoms with van der Waals surface area (Å²) in [7, 11) is 0. The van der Waals surface area contributed by atoms with Gasteiger partial charge in [-0.1, -0.05) is 6.92 Å². The summed E-state index contributed by atoms with van der Waals surface area (Å²) in [6.45, 7) is 5.67. The molecule has 0 aliphatic carbocycles. The third-order valence-corrected chi connectivity index (χ3v) is 2.73. The predicted octanol–water partition coefficient (Wildman–Crippen LogP) is 1.19. The van der Waals surface area contributed by atoms with E-state index in [0.29, 0.717) is 12.4 Å². The first-order chi connectivity index (χ1) is 6.38.